The summed E-state index contributed by atoms with van der Waals surface area (Å²) in [5.74, 6) is -0.848. The maximum absolute atomic E-state index is 12.2. The molecule has 6 heteroatoms. The van der Waals surface area contributed by atoms with E-state index >= 15 is 0 Å². The van der Waals surface area contributed by atoms with E-state index in [1.54, 1.807) is 6.92 Å². The second kappa shape index (κ2) is 8.31. The van der Waals surface area contributed by atoms with Crippen LogP contribution in [0.4, 0.5) is 4.79 Å². The molecule has 1 aromatic carbocycles. The molecule has 0 bridgehead atoms. The van der Waals surface area contributed by atoms with Crippen molar-refractivity contribution in [1.29, 1.82) is 0 Å². The van der Waals surface area contributed by atoms with Crippen LogP contribution in [0.15, 0.2) is 30.3 Å². The van der Waals surface area contributed by atoms with Crippen LogP contribution in [0.3, 0.4) is 0 Å². The summed E-state index contributed by atoms with van der Waals surface area (Å²) in [6.07, 6.45) is 0.452. The van der Waals surface area contributed by atoms with Gasteiger partial charge in [0.05, 0.1) is 12.6 Å². The van der Waals surface area contributed by atoms with Gasteiger partial charge < -0.3 is 9.47 Å². The molecule has 1 amide bonds. The van der Waals surface area contributed by atoms with Gasteiger partial charge in [0.2, 0.25) is 0 Å². The summed E-state index contributed by atoms with van der Waals surface area (Å²) in [5, 5.41) is 0. The number of carbonyl (C=O) groups excluding carboxylic acids is 3. The van der Waals surface area contributed by atoms with Crippen LogP contribution in [0.5, 0.6) is 0 Å². The quantitative estimate of drug-likeness (QED) is 0.594. The number of hydrogen-bond acceptors (Lipinski definition) is 5. The molecule has 0 unspecified atom stereocenters. The predicted octanol–water partition coefficient (Wildman–Crippen LogP) is 2.31. The molecule has 1 heterocycles. The highest BCUT2D eigenvalue weighted by Crippen LogP contribution is 2.21. The molecule has 1 atom stereocenters. The molecular weight excluding hydrogens is 298 g/mol. The largest absolute Gasteiger partial charge is 0.466 e. The number of esters is 1. The van der Waals surface area contributed by atoms with Crippen LogP contribution in [0, 0.1) is 0 Å². The van der Waals surface area contributed by atoms with E-state index in [0.29, 0.717) is 13.0 Å². The van der Waals surface area contributed by atoms with Gasteiger partial charge in [-0.1, -0.05) is 30.3 Å². The van der Waals surface area contributed by atoms with Crippen molar-refractivity contribution in [3.05, 3.63) is 35.9 Å². The molecule has 2 rings (SSSR count). The maximum atomic E-state index is 12.2. The van der Waals surface area contributed by atoms with Crippen molar-refractivity contribution in [3.63, 3.8) is 0 Å². The molecule has 1 aromatic rings. The summed E-state index contributed by atoms with van der Waals surface area (Å²) in [4.78, 5) is 37.2. The summed E-state index contributed by atoms with van der Waals surface area (Å²) in [7, 11) is 0. The maximum Gasteiger partial charge on any atom is 0.410 e. The van der Waals surface area contributed by atoms with E-state index < -0.39 is 18.1 Å². The lowest BCUT2D eigenvalue weighted by Crippen LogP contribution is -2.41. The smallest absolute Gasteiger partial charge is 0.410 e. The Labute approximate surface area is 135 Å². The number of ether oxygens (including phenoxy) is 2. The highest BCUT2D eigenvalue weighted by atomic mass is 16.6. The summed E-state index contributed by atoms with van der Waals surface area (Å²) < 4.78 is 10.0. The third kappa shape index (κ3) is 4.81. The molecule has 0 radical (unpaired) electrons. The number of likely N-dealkylation sites (tertiary alicyclic amines) is 1. The SMILES string of the molecule is CCOC(=O)CC(=O)[C@@H]1CCCN1C(=O)OCc1ccccc1. The van der Waals surface area contributed by atoms with E-state index in [2.05, 4.69) is 0 Å². The molecule has 0 aliphatic carbocycles. The minimum absolute atomic E-state index is 0.162. The van der Waals surface area contributed by atoms with Crippen molar-refractivity contribution in [2.24, 2.45) is 0 Å². The van der Waals surface area contributed by atoms with Gasteiger partial charge in [-0.05, 0) is 25.3 Å². The molecule has 23 heavy (non-hydrogen) atoms. The van der Waals surface area contributed by atoms with Gasteiger partial charge in [0.25, 0.3) is 0 Å². The summed E-state index contributed by atoms with van der Waals surface area (Å²) >= 11 is 0. The first-order valence-corrected chi connectivity index (χ1v) is 7.77. The van der Waals surface area contributed by atoms with E-state index in [9.17, 15) is 14.4 Å². The van der Waals surface area contributed by atoms with Gasteiger partial charge in [-0.3, -0.25) is 14.5 Å². The number of Topliss-reactive ketones (excluding diaryl/α,β-unsaturated/α-hetero) is 1. The zero-order chi connectivity index (χ0) is 16.7. The number of amides is 1. The third-order valence-corrected chi connectivity index (χ3v) is 3.69. The Hall–Kier alpha value is -2.37. The molecule has 1 saturated heterocycles. The minimum atomic E-state index is -0.595. The predicted molar refractivity (Wildman–Crippen MR) is 82.6 cm³/mol. The molecule has 124 valence electrons. The van der Waals surface area contributed by atoms with Crippen LogP contribution >= 0.6 is 0 Å². The zero-order valence-electron chi connectivity index (χ0n) is 13.2. The molecule has 1 aliphatic rings. The van der Waals surface area contributed by atoms with Gasteiger partial charge in [0, 0.05) is 6.54 Å². The molecule has 0 N–H and O–H groups in total. The molecule has 0 aromatic heterocycles. The average Bonchev–Trinajstić information content (AvgIpc) is 3.03. The van der Waals surface area contributed by atoms with Gasteiger partial charge in [-0.2, -0.15) is 0 Å². The Balaban J connectivity index is 1.88. The molecular formula is C17H21NO5. The second-order valence-corrected chi connectivity index (χ2v) is 5.34. The van der Waals surface area contributed by atoms with Gasteiger partial charge in [-0.25, -0.2) is 4.79 Å². The lowest BCUT2D eigenvalue weighted by Gasteiger charge is -2.22. The number of ketones is 1. The Morgan fingerprint density at radius 3 is 2.61 bits per heavy atom. The molecule has 1 aliphatic heterocycles. The van der Waals surface area contributed by atoms with E-state index in [-0.39, 0.29) is 25.4 Å². The first-order chi connectivity index (χ1) is 11.1. The zero-order valence-corrected chi connectivity index (χ0v) is 13.2. The second-order valence-electron chi connectivity index (χ2n) is 5.34. The average molecular weight is 319 g/mol. The molecule has 1 fully saturated rings. The van der Waals surface area contributed by atoms with Gasteiger partial charge in [0.1, 0.15) is 13.0 Å². The highest BCUT2D eigenvalue weighted by Gasteiger charge is 2.35. The standard InChI is InChI=1S/C17H21NO5/c1-2-22-16(20)11-15(19)14-9-6-10-18(14)17(21)23-12-13-7-4-3-5-8-13/h3-5,7-8,14H,2,6,9-12H2,1H3/t14-/m0/s1. The third-order valence-electron chi connectivity index (χ3n) is 3.69. The number of carbonyl (C=O) groups is 3. The van der Waals surface area contributed by atoms with Crippen LogP contribution in [0.2, 0.25) is 0 Å². The van der Waals surface area contributed by atoms with Crippen molar-refractivity contribution in [3.8, 4) is 0 Å². The van der Waals surface area contributed by atoms with Crippen molar-refractivity contribution >= 4 is 17.8 Å². The van der Waals surface area contributed by atoms with Crippen LogP contribution in [-0.2, 0) is 25.7 Å². The van der Waals surface area contributed by atoms with Gasteiger partial charge >= 0.3 is 12.1 Å². The van der Waals surface area contributed by atoms with Gasteiger partial charge in [0.15, 0.2) is 5.78 Å². The molecule has 0 saturated carbocycles. The first-order valence-electron chi connectivity index (χ1n) is 7.77. The first kappa shape index (κ1) is 17.0. The topological polar surface area (TPSA) is 72.9 Å². The van der Waals surface area contributed by atoms with E-state index in [4.69, 9.17) is 9.47 Å². The Morgan fingerprint density at radius 1 is 1.17 bits per heavy atom. The van der Waals surface area contributed by atoms with Crippen molar-refractivity contribution in [1.82, 2.24) is 4.90 Å². The number of nitrogens with zero attached hydrogens (tertiary/aromatic N) is 1. The van der Waals surface area contributed by atoms with Crippen LogP contribution in [0.25, 0.3) is 0 Å². The fraction of sp³-hybridized carbons (Fsp3) is 0.471. The summed E-state index contributed by atoms with van der Waals surface area (Å²) in [6, 6.07) is 8.75. The minimum Gasteiger partial charge on any atom is -0.466 e. The Bertz CT molecular complexity index is 557. The van der Waals surface area contributed by atoms with Crippen LogP contribution in [0.1, 0.15) is 31.7 Å². The van der Waals surface area contributed by atoms with E-state index in [1.807, 2.05) is 30.3 Å². The van der Waals surface area contributed by atoms with E-state index in [0.717, 1.165) is 12.0 Å². The Morgan fingerprint density at radius 2 is 1.91 bits per heavy atom. The normalized spacial score (nSPS) is 16.9. The summed E-state index contributed by atoms with van der Waals surface area (Å²) in [5.41, 5.74) is 0.884. The van der Waals surface area contributed by atoms with Gasteiger partial charge in [-0.15, -0.1) is 0 Å². The molecule has 0 spiro atoms. The summed E-state index contributed by atoms with van der Waals surface area (Å²) in [6.45, 7) is 2.55. The highest BCUT2D eigenvalue weighted by molar-refractivity contribution is 5.99. The lowest BCUT2D eigenvalue weighted by molar-refractivity contribution is -0.146. The molecule has 6 nitrogen and oxygen atoms in total. The fourth-order valence-corrected chi connectivity index (χ4v) is 2.59. The lowest BCUT2D eigenvalue weighted by atomic mass is 10.1. The number of hydrogen-bond donors (Lipinski definition) is 0. The Kier molecular flexibility index (Phi) is 6.14. The van der Waals surface area contributed by atoms with Crippen LogP contribution in [-0.4, -0.2) is 41.9 Å². The number of rotatable bonds is 6. The van der Waals surface area contributed by atoms with Crippen molar-refractivity contribution in [2.45, 2.75) is 38.8 Å². The van der Waals surface area contributed by atoms with Crippen LogP contribution < -0.4 is 0 Å². The van der Waals surface area contributed by atoms with Crippen molar-refractivity contribution < 1.29 is 23.9 Å². The monoisotopic (exact) mass is 319 g/mol. The fourth-order valence-electron chi connectivity index (χ4n) is 2.59. The number of benzene rings is 1. The van der Waals surface area contributed by atoms with E-state index in [1.165, 1.54) is 4.90 Å². The van der Waals surface area contributed by atoms with Crippen molar-refractivity contribution in [2.75, 3.05) is 13.2 Å².